The van der Waals surface area contributed by atoms with Gasteiger partial charge < -0.3 is 14.5 Å². The van der Waals surface area contributed by atoms with Crippen molar-refractivity contribution in [1.82, 2.24) is 5.32 Å². The van der Waals surface area contributed by atoms with E-state index in [2.05, 4.69) is 24.4 Å². The van der Waals surface area contributed by atoms with E-state index >= 15 is 0 Å². The smallest absolute Gasteiger partial charge is 0.134 e. The molecular weight excluding hydrogens is 238 g/mol. The summed E-state index contributed by atoms with van der Waals surface area (Å²) < 4.78 is 11.1. The van der Waals surface area contributed by atoms with E-state index < -0.39 is 0 Å². The van der Waals surface area contributed by atoms with Gasteiger partial charge in [-0.25, -0.2) is 0 Å². The normalized spacial score (nSPS) is 17.0. The van der Waals surface area contributed by atoms with Gasteiger partial charge in [-0.1, -0.05) is 25.1 Å². The van der Waals surface area contributed by atoms with Gasteiger partial charge in [0.05, 0.1) is 25.2 Å². The molecule has 1 aromatic heterocycles. The van der Waals surface area contributed by atoms with Crippen molar-refractivity contribution >= 4 is 11.0 Å². The van der Waals surface area contributed by atoms with Crippen LogP contribution < -0.4 is 5.32 Å². The molecule has 1 atom stereocenters. The van der Waals surface area contributed by atoms with Crippen LogP contribution in [0.4, 0.5) is 0 Å². The van der Waals surface area contributed by atoms with Crippen molar-refractivity contribution in [3.8, 4) is 0 Å². The Morgan fingerprint density at radius 3 is 3.00 bits per heavy atom. The molecule has 0 radical (unpaired) electrons. The van der Waals surface area contributed by atoms with E-state index in [1.165, 1.54) is 16.5 Å². The van der Waals surface area contributed by atoms with Crippen LogP contribution in [0.25, 0.3) is 11.0 Å². The summed E-state index contributed by atoms with van der Waals surface area (Å²) in [5, 5.41) is 4.72. The van der Waals surface area contributed by atoms with E-state index in [1.54, 1.807) is 0 Å². The Labute approximate surface area is 113 Å². The molecular formula is C16H19NO2. The minimum Gasteiger partial charge on any atom is -0.501 e. The Morgan fingerprint density at radius 1 is 1.32 bits per heavy atom. The highest BCUT2D eigenvalue weighted by Gasteiger charge is 2.21. The minimum absolute atomic E-state index is 0.189. The lowest BCUT2D eigenvalue weighted by atomic mass is 9.95. The second kappa shape index (κ2) is 5.49. The van der Waals surface area contributed by atoms with Gasteiger partial charge in [0.1, 0.15) is 5.58 Å². The molecule has 100 valence electrons. The van der Waals surface area contributed by atoms with Gasteiger partial charge in [0, 0.05) is 10.9 Å². The average Bonchev–Trinajstić information content (AvgIpc) is 2.89. The Balaban J connectivity index is 2.01. The highest BCUT2D eigenvalue weighted by Crippen LogP contribution is 2.33. The van der Waals surface area contributed by atoms with E-state index in [9.17, 15) is 0 Å². The van der Waals surface area contributed by atoms with E-state index in [1.807, 2.05) is 24.7 Å². The molecule has 2 heterocycles. The highest BCUT2D eigenvalue weighted by molar-refractivity contribution is 5.81. The van der Waals surface area contributed by atoms with Crippen LogP contribution >= 0.6 is 0 Å². The quantitative estimate of drug-likeness (QED) is 0.905. The molecule has 0 spiro atoms. The molecule has 3 nitrogen and oxygen atoms in total. The predicted molar refractivity (Wildman–Crippen MR) is 75.9 cm³/mol. The molecule has 1 N–H and O–H groups in total. The summed E-state index contributed by atoms with van der Waals surface area (Å²) in [5.74, 6) is 0. The molecule has 0 saturated heterocycles. The summed E-state index contributed by atoms with van der Waals surface area (Å²) >= 11 is 0. The largest absolute Gasteiger partial charge is 0.501 e. The van der Waals surface area contributed by atoms with Gasteiger partial charge in [-0.05, 0) is 31.0 Å². The maximum Gasteiger partial charge on any atom is 0.134 e. The van der Waals surface area contributed by atoms with Gasteiger partial charge in [0.25, 0.3) is 0 Å². The number of nitrogens with one attached hydrogen (secondary N) is 1. The predicted octanol–water partition coefficient (Wildman–Crippen LogP) is 3.78. The number of para-hydroxylation sites is 1. The summed E-state index contributed by atoms with van der Waals surface area (Å²) in [7, 11) is 0. The van der Waals surface area contributed by atoms with Crippen LogP contribution in [-0.2, 0) is 4.74 Å². The molecule has 0 bridgehead atoms. The first kappa shape index (κ1) is 12.3. The zero-order valence-electron chi connectivity index (χ0n) is 11.2. The third-order valence-corrected chi connectivity index (χ3v) is 3.56. The second-order valence-electron chi connectivity index (χ2n) is 4.85. The van der Waals surface area contributed by atoms with Crippen molar-refractivity contribution in [2.75, 3.05) is 13.2 Å². The first-order valence-corrected chi connectivity index (χ1v) is 6.90. The Hall–Kier alpha value is -1.74. The summed E-state index contributed by atoms with van der Waals surface area (Å²) in [6, 6.07) is 8.36. The topological polar surface area (TPSA) is 34.4 Å². The summed E-state index contributed by atoms with van der Waals surface area (Å²) in [4.78, 5) is 0. The number of benzene rings is 1. The van der Waals surface area contributed by atoms with Crippen molar-refractivity contribution in [3.05, 3.63) is 47.9 Å². The maximum absolute atomic E-state index is 5.66. The van der Waals surface area contributed by atoms with Crippen LogP contribution in [0, 0.1) is 0 Å². The van der Waals surface area contributed by atoms with Gasteiger partial charge in [-0.3, -0.25) is 0 Å². The molecule has 0 amide bonds. The zero-order chi connectivity index (χ0) is 13.1. The van der Waals surface area contributed by atoms with Crippen LogP contribution in [0.15, 0.2) is 46.8 Å². The van der Waals surface area contributed by atoms with E-state index in [4.69, 9.17) is 9.15 Å². The lowest BCUT2D eigenvalue weighted by molar-refractivity contribution is 0.219. The van der Waals surface area contributed by atoms with Crippen molar-refractivity contribution in [2.45, 2.75) is 25.8 Å². The number of likely N-dealkylation sites (N-methyl/N-ethyl adjacent to an activating group) is 1. The van der Waals surface area contributed by atoms with Gasteiger partial charge in [-0.15, -0.1) is 0 Å². The van der Waals surface area contributed by atoms with Gasteiger partial charge >= 0.3 is 0 Å². The third-order valence-electron chi connectivity index (χ3n) is 3.56. The number of hydrogen-bond acceptors (Lipinski definition) is 3. The molecule has 0 saturated carbocycles. The minimum atomic E-state index is 0.189. The van der Waals surface area contributed by atoms with Gasteiger partial charge in [0.2, 0.25) is 0 Å². The van der Waals surface area contributed by atoms with Crippen LogP contribution in [0.3, 0.4) is 0 Å². The first-order valence-electron chi connectivity index (χ1n) is 6.90. The fourth-order valence-corrected chi connectivity index (χ4v) is 2.66. The lowest BCUT2D eigenvalue weighted by Gasteiger charge is -2.23. The van der Waals surface area contributed by atoms with Crippen LogP contribution in [0.2, 0.25) is 0 Å². The van der Waals surface area contributed by atoms with Crippen molar-refractivity contribution in [1.29, 1.82) is 0 Å². The maximum atomic E-state index is 5.66. The highest BCUT2D eigenvalue weighted by atomic mass is 16.5. The molecule has 1 unspecified atom stereocenters. The summed E-state index contributed by atoms with van der Waals surface area (Å²) in [6.07, 6.45) is 5.95. The fraction of sp³-hybridized carbons (Fsp3) is 0.375. The van der Waals surface area contributed by atoms with Crippen LogP contribution in [-0.4, -0.2) is 13.2 Å². The molecule has 1 aromatic carbocycles. The third kappa shape index (κ3) is 2.38. The van der Waals surface area contributed by atoms with Crippen LogP contribution in [0.5, 0.6) is 0 Å². The molecule has 0 aliphatic carbocycles. The lowest BCUT2D eigenvalue weighted by Crippen LogP contribution is -2.24. The number of furan rings is 1. The molecule has 3 rings (SSSR count). The molecule has 0 fully saturated rings. The van der Waals surface area contributed by atoms with Crippen LogP contribution in [0.1, 0.15) is 31.4 Å². The van der Waals surface area contributed by atoms with Gasteiger partial charge in [-0.2, -0.15) is 0 Å². The fourth-order valence-electron chi connectivity index (χ4n) is 2.66. The monoisotopic (exact) mass is 257 g/mol. The first-order chi connectivity index (χ1) is 9.40. The number of fused-ring (bicyclic) bond motifs is 1. The van der Waals surface area contributed by atoms with Gasteiger partial charge in [0.15, 0.2) is 0 Å². The number of rotatable bonds is 4. The molecule has 2 aromatic rings. The standard InChI is InChI=1S/C16H19NO2/c1-2-17-16(12-6-5-9-18-10-12)14-11-19-15-8-4-3-7-13(14)15/h3-4,7-8,10-11,16-17H,2,5-6,9H2,1H3. The number of hydrogen-bond donors (Lipinski definition) is 1. The molecule has 3 heteroatoms. The summed E-state index contributed by atoms with van der Waals surface area (Å²) in [5.41, 5.74) is 3.45. The van der Waals surface area contributed by atoms with Crippen molar-refractivity contribution in [2.24, 2.45) is 0 Å². The van der Waals surface area contributed by atoms with E-state index in [0.717, 1.165) is 31.6 Å². The average molecular weight is 257 g/mol. The van der Waals surface area contributed by atoms with Crippen molar-refractivity contribution in [3.63, 3.8) is 0 Å². The van der Waals surface area contributed by atoms with E-state index in [-0.39, 0.29) is 6.04 Å². The molecule has 19 heavy (non-hydrogen) atoms. The zero-order valence-corrected chi connectivity index (χ0v) is 11.2. The number of ether oxygens (including phenoxy) is 1. The molecule has 1 aliphatic rings. The second-order valence-corrected chi connectivity index (χ2v) is 4.85. The molecule has 1 aliphatic heterocycles. The van der Waals surface area contributed by atoms with Crippen molar-refractivity contribution < 1.29 is 9.15 Å². The summed E-state index contributed by atoms with van der Waals surface area (Å²) in [6.45, 7) is 3.87. The SMILES string of the molecule is CCNC(C1=COCCC1)c1coc2ccccc12. The Morgan fingerprint density at radius 2 is 2.21 bits per heavy atom. The Bertz CT molecular complexity index is 585. The Kier molecular flexibility index (Phi) is 3.56. The van der Waals surface area contributed by atoms with E-state index in [0.29, 0.717) is 0 Å².